The summed E-state index contributed by atoms with van der Waals surface area (Å²) in [6.07, 6.45) is 16.3. The maximum atomic E-state index is 14.6. The zero-order valence-corrected chi connectivity index (χ0v) is 39.1. The molecule has 0 spiro atoms. The third kappa shape index (κ3) is 9.13. The average Bonchev–Trinajstić information content (AvgIpc) is 4.23. The first-order chi connectivity index (χ1) is 33.3. The average molecular weight is 921 g/mol. The quantitative estimate of drug-likeness (QED) is 0.101. The Balaban J connectivity index is 0.807. The predicted molar refractivity (Wildman–Crippen MR) is 256 cm³/mol. The van der Waals surface area contributed by atoms with Gasteiger partial charge in [-0.3, -0.25) is 9.59 Å². The van der Waals surface area contributed by atoms with Gasteiger partial charge in [0.25, 0.3) is 11.8 Å². The zero-order valence-electron chi connectivity index (χ0n) is 39.1. The lowest BCUT2D eigenvalue weighted by atomic mass is 9.77. The van der Waals surface area contributed by atoms with Gasteiger partial charge >= 0.3 is 12.2 Å². The van der Waals surface area contributed by atoms with Crippen molar-refractivity contribution >= 4 is 24.0 Å². The summed E-state index contributed by atoms with van der Waals surface area (Å²) in [6, 6.07) is 25.6. The Kier molecular flexibility index (Phi) is 13.4. The molecule has 2 aliphatic heterocycles. The number of aromatic nitrogens is 4. The van der Waals surface area contributed by atoms with Gasteiger partial charge in [-0.25, -0.2) is 19.6 Å². The minimum absolute atomic E-state index is 0.0949. The Labute approximate surface area is 398 Å². The molecule has 8 atom stereocenters. The summed E-state index contributed by atoms with van der Waals surface area (Å²) in [4.78, 5) is 75.4. The van der Waals surface area contributed by atoms with Crippen molar-refractivity contribution < 1.29 is 28.7 Å². The van der Waals surface area contributed by atoms with Gasteiger partial charge in [-0.2, -0.15) is 0 Å². The van der Waals surface area contributed by atoms with E-state index in [9.17, 15) is 19.2 Å². The van der Waals surface area contributed by atoms with Crippen LogP contribution in [0.2, 0.25) is 0 Å². The normalized spacial score (nSPS) is 26.5. The molecule has 356 valence electrons. The number of imidazole rings is 2. The lowest BCUT2D eigenvalue weighted by Gasteiger charge is -2.36. The second-order valence-electron chi connectivity index (χ2n) is 19.8. The largest absolute Gasteiger partial charge is 0.453 e. The van der Waals surface area contributed by atoms with E-state index in [0.717, 1.165) is 123 Å². The van der Waals surface area contributed by atoms with Crippen molar-refractivity contribution in [2.24, 2.45) is 17.8 Å². The number of methoxy groups -OCH3 is 2. The van der Waals surface area contributed by atoms with Gasteiger partial charge in [0, 0.05) is 36.0 Å². The van der Waals surface area contributed by atoms with Gasteiger partial charge in [-0.05, 0) is 98.1 Å². The fraction of sp³-hybridized carbons (Fsp3) is 0.481. The Morgan fingerprint density at radius 3 is 1.88 bits per heavy atom. The molecule has 2 saturated heterocycles. The standard InChI is InChI=1S/C54H64N8O6/c1-67-53(65)59-46(36-13-5-3-6-14-36)51(63)61-32-40-18-9-11-19-41(40)48(61)50-56-30-42(57-50)35-25-21-33(22-26-35)34-23-27-38(28-24-34)49-55-31-43(58-49)45-29-39-17-10-12-20-44(39)62(45)52(64)47(60-54(66)68-2)37-15-7-4-8-16-37/h3-8,13-16,23-24,27-28,30-31,33,35,39-41,44-48H,9-12,17-22,25-26,29,32H2,1-2H3,(H,55,58)(H,56,57)(H,59,65)(H,60,66)/t33?,35?,39-,40+,41+,44-,45-,46-,47-,48-/m1/s1. The van der Waals surface area contributed by atoms with Crippen molar-refractivity contribution in [2.75, 3.05) is 20.8 Å². The van der Waals surface area contributed by atoms with E-state index in [1.165, 1.54) is 19.8 Å². The summed E-state index contributed by atoms with van der Waals surface area (Å²) in [6.45, 7) is 0.648. The number of benzene rings is 3. The molecule has 0 bridgehead atoms. The smallest absolute Gasteiger partial charge is 0.407 e. The van der Waals surface area contributed by atoms with Crippen LogP contribution in [0.15, 0.2) is 97.3 Å². The van der Waals surface area contributed by atoms with E-state index in [1.807, 2.05) is 82.9 Å². The second-order valence-corrected chi connectivity index (χ2v) is 19.8. The van der Waals surface area contributed by atoms with Gasteiger partial charge in [0.05, 0.1) is 38.2 Å². The molecule has 3 aromatic carbocycles. The number of alkyl carbamates (subject to hydrolysis) is 2. The molecule has 10 rings (SSSR count). The number of nitrogens with one attached hydrogen (secondary N) is 4. The maximum absolute atomic E-state index is 14.6. The molecule has 68 heavy (non-hydrogen) atoms. The van der Waals surface area contributed by atoms with E-state index in [1.54, 1.807) is 0 Å². The molecule has 3 aliphatic carbocycles. The predicted octanol–water partition coefficient (Wildman–Crippen LogP) is 9.96. The number of H-pyrrole nitrogens is 2. The van der Waals surface area contributed by atoms with Gasteiger partial charge in [-0.1, -0.05) is 111 Å². The highest BCUT2D eigenvalue weighted by molar-refractivity contribution is 5.88. The number of likely N-dealkylation sites (tertiary alicyclic amines) is 2. The van der Waals surface area contributed by atoms with E-state index in [-0.39, 0.29) is 29.9 Å². The van der Waals surface area contributed by atoms with Crippen molar-refractivity contribution in [3.8, 4) is 11.4 Å². The summed E-state index contributed by atoms with van der Waals surface area (Å²) in [5.41, 5.74) is 5.81. The molecule has 2 aromatic heterocycles. The molecule has 0 unspecified atom stereocenters. The zero-order chi connectivity index (χ0) is 46.7. The van der Waals surface area contributed by atoms with E-state index in [2.05, 4.69) is 44.9 Å². The minimum Gasteiger partial charge on any atom is -0.453 e. The molecule has 14 nitrogen and oxygen atoms in total. The van der Waals surface area contributed by atoms with Crippen molar-refractivity contribution in [1.29, 1.82) is 0 Å². The molecule has 3 saturated carbocycles. The van der Waals surface area contributed by atoms with Gasteiger partial charge in [0.1, 0.15) is 23.7 Å². The van der Waals surface area contributed by atoms with Crippen molar-refractivity contribution in [3.63, 3.8) is 0 Å². The molecule has 5 aromatic rings. The van der Waals surface area contributed by atoms with Crippen LogP contribution in [0.4, 0.5) is 9.59 Å². The summed E-state index contributed by atoms with van der Waals surface area (Å²) < 4.78 is 9.91. The Morgan fingerprint density at radius 2 is 1.22 bits per heavy atom. The van der Waals surface area contributed by atoms with E-state index in [0.29, 0.717) is 36.1 Å². The Hall–Kier alpha value is -6.44. The number of carbonyl (C=O) groups excluding carboxylic acids is 4. The summed E-state index contributed by atoms with van der Waals surface area (Å²) in [5.74, 6) is 3.25. The molecule has 0 radical (unpaired) electrons. The number of ether oxygens (including phenoxy) is 2. The summed E-state index contributed by atoms with van der Waals surface area (Å²) in [5, 5.41) is 5.66. The number of aromatic amines is 2. The highest BCUT2D eigenvalue weighted by atomic mass is 16.5. The number of fused-ring (bicyclic) bond motifs is 2. The lowest BCUT2D eigenvalue weighted by molar-refractivity contribution is -0.137. The van der Waals surface area contributed by atoms with Gasteiger partial charge in [0.15, 0.2) is 0 Å². The fourth-order valence-electron chi connectivity index (χ4n) is 12.7. The van der Waals surface area contributed by atoms with Crippen LogP contribution in [-0.2, 0) is 19.1 Å². The van der Waals surface area contributed by atoms with E-state index >= 15 is 0 Å². The third-order valence-electron chi connectivity index (χ3n) is 16.1. The number of amides is 4. The lowest BCUT2D eigenvalue weighted by Crippen LogP contribution is -2.47. The molecule has 14 heteroatoms. The molecular formula is C54H64N8O6. The monoisotopic (exact) mass is 920 g/mol. The van der Waals surface area contributed by atoms with Crippen molar-refractivity contribution in [1.82, 2.24) is 40.4 Å². The Bertz CT molecular complexity index is 2540. The SMILES string of the molecule is COC(=O)N[C@@H](C(=O)N1C[C@@H]2CCCC[C@@H]2[C@@H]1c1ncc(C2CCC(c3ccc(-c4ncc([C@H]5C[C@H]6CCCC[C@H]6N5C(=O)[C@H](NC(=O)OC)c5ccccc5)[nH]4)cc3)CC2)[nH]1)c1ccccc1. The first-order valence-corrected chi connectivity index (χ1v) is 24.9. The first kappa shape index (κ1) is 45.3. The summed E-state index contributed by atoms with van der Waals surface area (Å²) in [7, 11) is 2.64. The van der Waals surface area contributed by atoms with Crippen LogP contribution in [0.3, 0.4) is 0 Å². The number of hydrogen-bond acceptors (Lipinski definition) is 8. The molecule has 4 N–H and O–H groups in total. The van der Waals surface area contributed by atoms with Crippen LogP contribution in [-0.4, -0.2) is 80.5 Å². The van der Waals surface area contributed by atoms with E-state index < -0.39 is 24.3 Å². The van der Waals surface area contributed by atoms with Crippen LogP contribution in [0, 0.1) is 17.8 Å². The molecule has 4 amide bonds. The molecular weight excluding hydrogens is 857 g/mol. The van der Waals surface area contributed by atoms with Gasteiger partial charge < -0.3 is 39.9 Å². The van der Waals surface area contributed by atoms with Crippen molar-refractivity contribution in [2.45, 2.75) is 126 Å². The van der Waals surface area contributed by atoms with Crippen molar-refractivity contribution in [3.05, 3.63) is 131 Å². The highest BCUT2D eigenvalue weighted by Gasteiger charge is 2.50. The first-order valence-electron chi connectivity index (χ1n) is 24.9. The molecule has 5 fully saturated rings. The van der Waals surface area contributed by atoms with Crippen LogP contribution in [0.5, 0.6) is 0 Å². The maximum Gasteiger partial charge on any atom is 0.407 e. The summed E-state index contributed by atoms with van der Waals surface area (Å²) >= 11 is 0. The number of rotatable bonds is 11. The van der Waals surface area contributed by atoms with Crippen LogP contribution in [0.1, 0.15) is 153 Å². The van der Waals surface area contributed by atoms with Gasteiger partial charge in [0.2, 0.25) is 0 Å². The van der Waals surface area contributed by atoms with Crippen LogP contribution in [0.25, 0.3) is 11.4 Å². The van der Waals surface area contributed by atoms with Gasteiger partial charge in [-0.15, -0.1) is 0 Å². The number of carbonyl (C=O) groups is 4. The fourth-order valence-corrected chi connectivity index (χ4v) is 12.7. The molecule has 5 aliphatic rings. The topological polar surface area (TPSA) is 175 Å². The third-order valence-corrected chi connectivity index (χ3v) is 16.1. The number of nitrogens with zero attached hydrogens (tertiary/aromatic N) is 4. The second kappa shape index (κ2) is 20.0. The highest BCUT2D eigenvalue weighted by Crippen LogP contribution is 2.50. The number of hydrogen-bond donors (Lipinski definition) is 4. The minimum atomic E-state index is -0.865. The van der Waals surface area contributed by atoms with E-state index in [4.69, 9.17) is 19.4 Å². The van der Waals surface area contributed by atoms with Crippen LogP contribution >= 0.6 is 0 Å². The Morgan fingerprint density at radius 1 is 0.632 bits per heavy atom. The van der Waals surface area contributed by atoms with Crippen LogP contribution < -0.4 is 10.6 Å². The molecule has 4 heterocycles.